The second kappa shape index (κ2) is 6.06. The fraction of sp³-hybridized carbons (Fsp3) is 0.429. The fourth-order valence-corrected chi connectivity index (χ4v) is 1.47. The van der Waals surface area contributed by atoms with Gasteiger partial charge in [0.2, 0.25) is 0 Å². The van der Waals surface area contributed by atoms with Crippen molar-refractivity contribution in [1.29, 1.82) is 5.26 Å². The van der Waals surface area contributed by atoms with Crippen molar-refractivity contribution in [3.8, 4) is 6.07 Å². The van der Waals surface area contributed by atoms with E-state index in [1.165, 1.54) is 0 Å². The molecule has 0 unspecified atom stereocenters. The fourth-order valence-electron chi connectivity index (χ4n) is 1.47. The molecule has 0 aliphatic heterocycles. The lowest BCUT2D eigenvalue weighted by Gasteiger charge is -2.20. The molecule has 1 rings (SSSR count). The molecule has 0 radical (unpaired) electrons. The van der Waals surface area contributed by atoms with Crippen molar-refractivity contribution >= 4 is 6.09 Å². The van der Waals surface area contributed by atoms with Crippen LogP contribution in [-0.4, -0.2) is 11.7 Å². The van der Waals surface area contributed by atoms with E-state index in [0.29, 0.717) is 13.0 Å². The average molecular weight is 246 g/mol. The smallest absolute Gasteiger partial charge is 0.407 e. The highest BCUT2D eigenvalue weighted by molar-refractivity contribution is 5.67. The molecule has 0 aliphatic carbocycles. The van der Waals surface area contributed by atoms with E-state index in [4.69, 9.17) is 10.00 Å². The van der Waals surface area contributed by atoms with Gasteiger partial charge in [-0.2, -0.15) is 5.26 Å². The normalized spacial score (nSPS) is 10.6. The number of carbonyl (C=O) groups excluding carboxylic acids is 1. The largest absolute Gasteiger partial charge is 0.444 e. The summed E-state index contributed by atoms with van der Waals surface area (Å²) in [5, 5.41) is 11.4. The molecule has 96 valence electrons. The first-order chi connectivity index (χ1) is 8.42. The van der Waals surface area contributed by atoms with E-state index in [9.17, 15) is 4.79 Å². The molecule has 0 saturated heterocycles. The first-order valence-electron chi connectivity index (χ1n) is 5.83. The first kappa shape index (κ1) is 14.0. The standard InChI is InChI=1S/C14H18N2O2/c1-14(2,3)18-13(17)16-10-12-7-5-4-6-11(12)8-9-15/h4-7H,8,10H2,1-3H3,(H,16,17). The maximum absolute atomic E-state index is 11.5. The summed E-state index contributed by atoms with van der Waals surface area (Å²) in [4.78, 5) is 11.5. The van der Waals surface area contributed by atoms with Crippen molar-refractivity contribution in [2.45, 2.75) is 39.3 Å². The Kier molecular flexibility index (Phi) is 4.73. The van der Waals surface area contributed by atoms with Crippen molar-refractivity contribution in [3.05, 3.63) is 35.4 Å². The molecule has 0 saturated carbocycles. The van der Waals surface area contributed by atoms with Crippen molar-refractivity contribution in [2.75, 3.05) is 0 Å². The van der Waals surface area contributed by atoms with Crippen LogP contribution in [0.4, 0.5) is 4.79 Å². The summed E-state index contributed by atoms with van der Waals surface area (Å²) in [5.41, 5.74) is 1.36. The SMILES string of the molecule is CC(C)(C)OC(=O)NCc1ccccc1CC#N. The molecule has 0 atom stereocenters. The Morgan fingerprint density at radius 1 is 1.33 bits per heavy atom. The Balaban J connectivity index is 2.59. The van der Waals surface area contributed by atoms with Gasteiger partial charge in [0.25, 0.3) is 0 Å². The van der Waals surface area contributed by atoms with E-state index in [1.54, 1.807) is 0 Å². The Bertz CT molecular complexity index is 456. The van der Waals surface area contributed by atoms with Crippen LogP contribution >= 0.6 is 0 Å². The summed E-state index contributed by atoms with van der Waals surface area (Å²) >= 11 is 0. The van der Waals surface area contributed by atoms with Gasteiger partial charge in [0.1, 0.15) is 5.60 Å². The number of ether oxygens (including phenoxy) is 1. The minimum atomic E-state index is -0.504. The number of rotatable bonds is 3. The monoisotopic (exact) mass is 246 g/mol. The van der Waals surface area contributed by atoms with Gasteiger partial charge in [-0.05, 0) is 31.9 Å². The summed E-state index contributed by atoms with van der Waals surface area (Å²) in [5.74, 6) is 0. The van der Waals surface area contributed by atoms with Gasteiger partial charge in [0.05, 0.1) is 12.5 Å². The summed E-state index contributed by atoms with van der Waals surface area (Å²) < 4.78 is 5.14. The molecule has 0 bridgehead atoms. The number of amides is 1. The van der Waals surface area contributed by atoms with Crippen LogP contribution in [0.2, 0.25) is 0 Å². The van der Waals surface area contributed by atoms with Gasteiger partial charge in [0, 0.05) is 6.54 Å². The number of carbonyl (C=O) groups is 1. The minimum absolute atomic E-state index is 0.339. The van der Waals surface area contributed by atoms with Crippen molar-refractivity contribution < 1.29 is 9.53 Å². The van der Waals surface area contributed by atoms with Gasteiger partial charge >= 0.3 is 6.09 Å². The Morgan fingerprint density at radius 2 is 1.94 bits per heavy atom. The maximum atomic E-state index is 11.5. The van der Waals surface area contributed by atoms with Crippen LogP contribution in [0.1, 0.15) is 31.9 Å². The summed E-state index contributed by atoms with van der Waals surface area (Å²) in [6, 6.07) is 9.64. The summed E-state index contributed by atoms with van der Waals surface area (Å²) in [6.07, 6.45) is -0.110. The van der Waals surface area contributed by atoms with Gasteiger partial charge in [0.15, 0.2) is 0 Å². The number of nitriles is 1. The van der Waals surface area contributed by atoms with Crippen molar-refractivity contribution in [3.63, 3.8) is 0 Å². The van der Waals surface area contributed by atoms with E-state index in [-0.39, 0.29) is 0 Å². The van der Waals surface area contributed by atoms with Crippen molar-refractivity contribution in [2.24, 2.45) is 0 Å². The number of alkyl carbamates (subject to hydrolysis) is 1. The highest BCUT2D eigenvalue weighted by Crippen LogP contribution is 2.10. The lowest BCUT2D eigenvalue weighted by atomic mass is 10.1. The topological polar surface area (TPSA) is 62.1 Å². The van der Waals surface area contributed by atoms with Gasteiger partial charge in [-0.1, -0.05) is 24.3 Å². The molecule has 0 spiro atoms. The second-order valence-corrected chi connectivity index (χ2v) is 4.96. The predicted molar refractivity (Wildman–Crippen MR) is 68.8 cm³/mol. The molecule has 4 heteroatoms. The van der Waals surface area contributed by atoms with E-state index in [2.05, 4.69) is 11.4 Å². The third-order valence-electron chi connectivity index (χ3n) is 2.21. The number of benzene rings is 1. The van der Waals surface area contributed by atoms with Gasteiger partial charge in [-0.15, -0.1) is 0 Å². The molecule has 18 heavy (non-hydrogen) atoms. The van der Waals surface area contributed by atoms with E-state index < -0.39 is 11.7 Å². The lowest BCUT2D eigenvalue weighted by Crippen LogP contribution is -2.32. The molecular weight excluding hydrogens is 228 g/mol. The Hall–Kier alpha value is -2.02. The zero-order chi connectivity index (χ0) is 13.6. The van der Waals surface area contributed by atoms with Crippen LogP contribution < -0.4 is 5.32 Å². The Morgan fingerprint density at radius 3 is 2.50 bits per heavy atom. The van der Waals surface area contributed by atoms with Crippen LogP contribution in [-0.2, 0) is 17.7 Å². The minimum Gasteiger partial charge on any atom is -0.444 e. The first-order valence-corrected chi connectivity index (χ1v) is 5.83. The third kappa shape index (κ3) is 4.88. The van der Waals surface area contributed by atoms with Crippen LogP contribution in [0.15, 0.2) is 24.3 Å². The third-order valence-corrected chi connectivity index (χ3v) is 2.21. The van der Waals surface area contributed by atoms with E-state index in [0.717, 1.165) is 11.1 Å². The summed E-state index contributed by atoms with van der Waals surface area (Å²) in [6.45, 7) is 5.81. The van der Waals surface area contributed by atoms with E-state index in [1.807, 2.05) is 45.0 Å². The van der Waals surface area contributed by atoms with Crippen LogP contribution in [0, 0.1) is 11.3 Å². The quantitative estimate of drug-likeness (QED) is 0.892. The lowest BCUT2D eigenvalue weighted by molar-refractivity contribution is 0.0523. The van der Waals surface area contributed by atoms with Gasteiger partial charge < -0.3 is 10.1 Å². The molecule has 0 fully saturated rings. The number of nitrogens with zero attached hydrogens (tertiary/aromatic N) is 1. The number of hydrogen-bond acceptors (Lipinski definition) is 3. The maximum Gasteiger partial charge on any atom is 0.407 e. The molecule has 1 N–H and O–H groups in total. The average Bonchev–Trinajstić information content (AvgIpc) is 2.26. The van der Waals surface area contributed by atoms with Crippen molar-refractivity contribution in [1.82, 2.24) is 5.32 Å². The number of nitrogens with one attached hydrogen (secondary N) is 1. The second-order valence-electron chi connectivity index (χ2n) is 4.96. The molecule has 1 aromatic rings. The molecular formula is C14H18N2O2. The zero-order valence-corrected chi connectivity index (χ0v) is 11.0. The zero-order valence-electron chi connectivity index (χ0n) is 11.0. The van der Waals surface area contributed by atoms with Gasteiger partial charge in [-0.25, -0.2) is 4.79 Å². The van der Waals surface area contributed by atoms with Crippen LogP contribution in [0.3, 0.4) is 0 Å². The molecule has 1 aromatic carbocycles. The highest BCUT2D eigenvalue weighted by atomic mass is 16.6. The molecule has 0 aliphatic rings. The van der Waals surface area contributed by atoms with Gasteiger partial charge in [-0.3, -0.25) is 0 Å². The number of hydrogen-bond donors (Lipinski definition) is 1. The van der Waals surface area contributed by atoms with Crippen LogP contribution in [0.25, 0.3) is 0 Å². The highest BCUT2D eigenvalue weighted by Gasteiger charge is 2.15. The van der Waals surface area contributed by atoms with E-state index >= 15 is 0 Å². The summed E-state index contributed by atoms with van der Waals surface area (Å²) in [7, 11) is 0. The van der Waals surface area contributed by atoms with Crippen LogP contribution in [0.5, 0.6) is 0 Å². The predicted octanol–water partition coefficient (Wildman–Crippen LogP) is 2.78. The molecule has 0 heterocycles. The molecule has 4 nitrogen and oxygen atoms in total. The molecule has 0 aromatic heterocycles. The Labute approximate surface area is 108 Å². The molecule has 1 amide bonds.